The maximum absolute atomic E-state index is 13.6. The zero-order valence-corrected chi connectivity index (χ0v) is 42.3. The molecule has 0 aromatic carbocycles. The van der Waals surface area contributed by atoms with Gasteiger partial charge in [-0.3, -0.25) is 0 Å². The third-order valence-electron chi connectivity index (χ3n) is 13.9. The standard InChI is InChI=1S/C53H71BrN2O13/c1-31(16-17-38(61-6)12-10-18-54)21-44(58)47-26-42(62-7)27-53(60,69-47)28-49-55-36(29-63-49)22-33(3)51-35(5)52-34(4)45(67-51)13-9-14-48-56-43(30-64-48)46-24-37(57)23-41(66-46)25-40-20-32(2)19-39(65-40)11-8-15-50(59)68-52/h8-10,14-18,21-22,29-30,34-35,37-42,44-47,51-52,57-58,60H,2,11-13,19-20,23-28H2,1,3-7H3/t34-,35-,37+,38?,39-,40+,41-,42?,44+,45+,46+,47+,51-,52-,53-/m0/s1. The van der Waals surface area contributed by atoms with Crippen LogP contribution >= 0.6 is 15.9 Å². The molecule has 15 atom stereocenters. The summed E-state index contributed by atoms with van der Waals surface area (Å²) in [5.74, 6) is -1.95. The summed E-state index contributed by atoms with van der Waals surface area (Å²) < 4.78 is 55.2. The van der Waals surface area contributed by atoms with Crippen LogP contribution in [-0.4, -0.2) is 118 Å². The van der Waals surface area contributed by atoms with Crippen LogP contribution < -0.4 is 0 Å². The number of rotatable bonds is 12. The number of carbonyl (C=O) groups excluding carboxylic acids is 1. The number of carbonyl (C=O) groups is 1. The molecule has 0 saturated carbocycles. The van der Waals surface area contributed by atoms with Crippen molar-refractivity contribution in [1.82, 2.24) is 9.97 Å². The number of halogens is 1. The molecule has 2 aromatic rings. The minimum atomic E-state index is -1.73. The first-order valence-corrected chi connectivity index (χ1v) is 25.2. The van der Waals surface area contributed by atoms with E-state index in [0.717, 1.165) is 16.7 Å². The normalized spacial score (nSPS) is 35.2. The summed E-state index contributed by atoms with van der Waals surface area (Å²) in [5.41, 5.74) is 3.86. The third-order valence-corrected chi connectivity index (χ3v) is 14.2. The van der Waals surface area contributed by atoms with Crippen molar-refractivity contribution in [1.29, 1.82) is 0 Å². The Morgan fingerprint density at radius 1 is 0.986 bits per heavy atom. The van der Waals surface area contributed by atoms with Crippen molar-refractivity contribution in [2.75, 3.05) is 14.2 Å². The first kappa shape index (κ1) is 53.0. The number of aliphatic hydroxyl groups excluding tert-OH is 2. The van der Waals surface area contributed by atoms with Gasteiger partial charge in [0.25, 0.3) is 0 Å². The van der Waals surface area contributed by atoms with Crippen molar-refractivity contribution in [2.45, 2.75) is 177 Å². The van der Waals surface area contributed by atoms with E-state index in [1.807, 2.05) is 64.2 Å². The summed E-state index contributed by atoms with van der Waals surface area (Å²) >= 11 is 3.28. The van der Waals surface area contributed by atoms with Gasteiger partial charge >= 0.3 is 5.97 Å². The van der Waals surface area contributed by atoms with Crippen LogP contribution in [-0.2, 0) is 44.4 Å². The Morgan fingerprint density at radius 3 is 2.57 bits per heavy atom. The van der Waals surface area contributed by atoms with Gasteiger partial charge in [-0.15, -0.1) is 0 Å². The number of ether oxygens (including phenoxy) is 7. The molecular formula is C53H71BrN2O13. The quantitative estimate of drug-likeness (QED) is 0.104. The van der Waals surface area contributed by atoms with E-state index in [2.05, 4.69) is 22.5 Å². The maximum Gasteiger partial charge on any atom is 0.330 e. The Morgan fingerprint density at radius 2 is 1.78 bits per heavy atom. The van der Waals surface area contributed by atoms with E-state index in [0.29, 0.717) is 75.1 Å². The lowest BCUT2D eigenvalue weighted by atomic mass is 9.79. The monoisotopic (exact) mass is 1020 g/mol. The van der Waals surface area contributed by atoms with Crippen molar-refractivity contribution in [3.8, 4) is 0 Å². The number of aromatic nitrogens is 2. The minimum absolute atomic E-state index is 0.0830. The van der Waals surface area contributed by atoms with E-state index in [9.17, 15) is 20.1 Å². The Hall–Kier alpha value is -3.81. The summed E-state index contributed by atoms with van der Waals surface area (Å²) in [6.45, 7) is 12.2. The van der Waals surface area contributed by atoms with Crippen LogP contribution in [0.15, 0.2) is 92.2 Å². The molecule has 7 heterocycles. The van der Waals surface area contributed by atoms with Crippen LogP contribution in [0.2, 0.25) is 0 Å². The molecule has 0 radical (unpaired) electrons. The molecule has 0 amide bonds. The van der Waals surface area contributed by atoms with Gasteiger partial charge in [-0.2, -0.15) is 0 Å². The Labute approximate surface area is 414 Å². The van der Waals surface area contributed by atoms with Gasteiger partial charge in [0.2, 0.25) is 5.89 Å². The molecule has 69 heavy (non-hydrogen) atoms. The number of hydrogen-bond acceptors (Lipinski definition) is 15. The van der Waals surface area contributed by atoms with Crippen molar-refractivity contribution in [2.24, 2.45) is 11.8 Å². The number of aliphatic hydroxyl groups is 3. The number of hydrogen-bond donors (Lipinski definition) is 3. The van der Waals surface area contributed by atoms with E-state index in [1.165, 1.54) is 12.3 Å². The van der Waals surface area contributed by atoms with Gasteiger partial charge in [-0.1, -0.05) is 84.0 Å². The van der Waals surface area contributed by atoms with E-state index in [4.69, 9.17) is 52.0 Å². The van der Waals surface area contributed by atoms with Crippen molar-refractivity contribution < 1.29 is 62.1 Å². The van der Waals surface area contributed by atoms with Gasteiger partial charge in [0, 0.05) is 57.8 Å². The predicted octanol–water partition coefficient (Wildman–Crippen LogP) is 8.76. The lowest BCUT2D eigenvalue weighted by Gasteiger charge is -2.44. The van der Waals surface area contributed by atoms with E-state index < -0.39 is 48.4 Å². The van der Waals surface area contributed by atoms with Crippen LogP contribution in [0.3, 0.4) is 0 Å². The molecule has 2 aromatic heterocycles. The fraction of sp³-hybridized carbons (Fsp3) is 0.604. The minimum Gasteiger partial charge on any atom is -0.458 e. The first-order chi connectivity index (χ1) is 33.1. The summed E-state index contributed by atoms with van der Waals surface area (Å²) in [4.78, 5) is 24.8. The van der Waals surface area contributed by atoms with E-state index in [-0.39, 0.29) is 67.2 Å². The van der Waals surface area contributed by atoms with Crippen LogP contribution in [0.25, 0.3) is 12.2 Å². The van der Waals surface area contributed by atoms with Crippen molar-refractivity contribution >= 4 is 34.1 Å². The van der Waals surface area contributed by atoms with Crippen LogP contribution in [0.5, 0.6) is 0 Å². The highest BCUT2D eigenvalue weighted by molar-refractivity contribution is 9.11. The highest BCUT2D eigenvalue weighted by Gasteiger charge is 2.45. The molecule has 4 fully saturated rings. The second kappa shape index (κ2) is 24.5. The number of methoxy groups -OCH3 is 2. The molecular weight excluding hydrogens is 952 g/mol. The SMILES string of the molecule is C=C1C[C@@H]2C[C@@H]3C[C@@H](O)C[C@@H](O3)c3coc(n3)C=CC[C@H]3O[C@@H](C(C)=Cc4coc(C[C@]5(O)CC(OC)C[C@H]([C@H](O)C=C(C)C=CC(CC=CBr)OC)O5)n4)[C@H](C)[C@@H](OC(=O)C=CC[C@@H](C1)O2)[C@H]3C. The molecule has 0 spiro atoms. The highest BCUT2D eigenvalue weighted by atomic mass is 79.9. The average molecular weight is 1020 g/mol. The van der Waals surface area contributed by atoms with Gasteiger partial charge in [-0.05, 0) is 75.1 Å². The lowest BCUT2D eigenvalue weighted by Crippen LogP contribution is -2.51. The number of esters is 1. The smallest absolute Gasteiger partial charge is 0.330 e. The molecule has 2 unspecified atom stereocenters. The van der Waals surface area contributed by atoms with Gasteiger partial charge in [-0.25, -0.2) is 14.8 Å². The molecule has 16 heteroatoms. The van der Waals surface area contributed by atoms with Crippen molar-refractivity contribution in [3.05, 3.63) is 107 Å². The molecule has 5 aliphatic heterocycles. The Balaban J connectivity index is 1.06. The molecule has 7 rings (SSSR count). The van der Waals surface area contributed by atoms with Gasteiger partial charge < -0.3 is 57.3 Å². The fourth-order valence-electron chi connectivity index (χ4n) is 10.4. The Bertz CT molecular complexity index is 2210. The zero-order chi connectivity index (χ0) is 49.2. The van der Waals surface area contributed by atoms with Crippen LogP contribution in [0.1, 0.15) is 121 Å². The summed E-state index contributed by atoms with van der Waals surface area (Å²) in [5, 5.41) is 33.9. The number of nitrogens with zero attached hydrogens (tertiary/aromatic N) is 2. The van der Waals surface area contributed by atoms with Crippen LogP contribution in [0, 0.1) is 11.8 Å². The third kappa shape index (κ3) is 14.6. The topological polar surface area (TPSA) is 194 Å². The first-order valence-electron chi connectivity index (χ1n) is 24.3. The maximum atomic E-state index is 13.6. The van der Waals surface area contributed by atoms with Crippen LogP contribution in [0.4, 0.5) is 0 Å². The van der Waals surface area contributed by atoms with Gasteiger partial charge in [0.1, 0.15) is 36.1 Å². The molecule has 4 saturated heterocycles. The summed E-state index contributed by atoms with van der Waals surface area (Å²) in [6.07, 6.45) is 19.5. The molecule has 3 N–H and O–H groups in total. The molecule has 0 aliphatic carbocycles. The molecule has 5 aliphatic rings. The molecule has 378 valence electrons. The lowest BCUT2D eigenvalue weighted by molar-refractivity contribution is -0.286. The highest BCUT2D eigenvalue weighted by Crippen LogP contribution is 2.40. The molecule has 8 bridgehead atoms. The van der Waals surface area contributed by atoms with E-state index >= 15 is 0 Å². The number of fused-ring (bicyclic) bond motifs is 9. The zero-order valence-electron chi connectivity index (χ0n) is 40.7. The largest absolute Gasteiger partial charge is 0.458 e. The second-order valence-corrected chi connectivity index (χ2v) is 20.0. The van der Waals surface area contributed by atoms with Gasteiger partial charge in [0.15, 0.2) is 11.7 Å². The predicted molar refractivity (Wildman–Crippen MR) is 261 cm³/mol. The Kier molecular flexibility index (Phi) is 18.9. The average Bonchev–Trinajstić information content (AvgIpc) is 3.96. The number of oxazole rings is 2. The van der Waals surface area contributed by atoms with Crippen molar-refractivity contribution in [3.63, 3.8) is 0 Å². The molecule has 15 nitrogen and oxygen atoms in total. The second-order valence-electron chi connectivity index (χ2n) is 19.5. The number of allylic oxidation sites excluding steroid dienone is 2. The van der Waals surface area contributed by atoms with E-state index in [1.54, 1.807) is 37.6 Å². The summed E-state index contributed by atoms with van der Waals surface area (Å²) in [6, 6.07) is 0. The van der Waals surface area contributed by atoms with Gasteiger partial charge in [0.05, 0.1) is 67.5 Å². The summed E-state index contributed by atoms with van der Waals surface area (Å²) in [7, 11) is 3.22. The fourth-order valence-corrected chi connectivity index (χ4v) is 10.6.